The molecule has 0 saturated carbocycles. The first-order chi connectivity index (χ1) is 6.90. The summed E-state index contributed by atoms with van der Waals surface area (Å²) in [5.74, 6) is 0.0984. The molecule has 0 spiro atoms. The molecule has 4 nitrogen and oxygen atoms in total. The highest BCUT2D eigenvalue weighted by Crippen LogP contribution is 2.11. The molecule has 0 aliphatic carbocycles. The fourth-order valence-corrected chi connectivity index (χ4v) is 0.999. The Morgan fingerprint density at radius 2 is 2.00 bits per heavy atom. The predicted molar refractivity (Wildman–Crippen MR) is 56.3 cm³/mol. The molecule has 0 aromatic carbocycles. The zero-order chi connectivity index (χ0) is 11.9. The lowest BCUT2D eigenvalue weighted by atomic mass is 10.1. The van der Waals surface area contributed by atoms with Gasteiger partial charge in [0.15, 0.2) is 0 Å². The average molecular weight is 216 g/mol. The number of hydrogen-bond donors (Lipinski definition) is 0. The second kappa shape index (κ2) is 6.43. The summed E-state index contributed by atoms with van der Waals surface area (Å²) < 4.78 is 9.60. The number of carbonyl (C=O) groups excluding carboxylic acids is 2. The second-order valence-electron chi connectivity index (χ2n) is 4.40. The predicted octanol–water partition coefficient (Wildman–Crippen LogP) is 1.92. The Morgan fingerprint density at radius 1 is 1.40 bits per heavy atom. The average Bonchev–Trinajstić information content (AvgIpc) is 2.11. The Morgan fingerprint density at radius 3 is 2.47 bits per heavy atom. The Kier molecular flexibility index (Phi) is 5.97. The van der Waals surface area contributed by atoms with Crippen molar-refractivity contribution in [1.82, 2.24) is 0 Å². The van der Waals surface area contributed by atoms with Gasteiger partial charge in [0.25, 0.3) is 6.47 Å². The maximum atomic E-state index is 11.4. The van der Waals surface area contributed by atoms with E-state index < -0.39 is 11.6 Å². The molecule has 15 heavy (non-hydrogen) atoms. The van der Waals surface area contributed by atoms with Gasteiger partial charge in [-0.15, -0.1) is 0 Å². The summed E-state index contributed by atoms with van der Waals surface area (Å²) in [6.07, 6.45) is 1.85. The van der Waals surface area contributed by atoms with E-state index in [9.17, 15) is 9.59 Å². The van der Waals surface area contributed by atoms with Gasteiger partial charge < -0.3 is 9.47 Å². The van der Waals surface area contributed by atoms with E-state index in [4.69, 9.17) is 4.74 Å². The standard InChI is InChI=1S/C11H20O4/c1-9(2)6-5-7-14-10(13)11(3,4)15-8-12/h8-9H,5-7H2,1-4H3. The highest BCUT2D eigenvalue weighted by atomic mass is 16.6. The monoisotopic (exact) mass is 216 g/mol. The fraction of sp³-hybridized carbons (Fsp3) is 0.818. The van der Waals surface area contributed by atoms with Gasteiger partial charge in [0.05, 0.1) is 6.61 Å². The van der Waals surface area contributed by atoms with Crippen molar-refractivity contribution in [2.45, 2.75) is 46.1 Å². The van der Waals surface area contributed by atoms with Gasteiger partial charge in [-0.25, -0.2) is 4.79 Å². The van der Waals surface area contributed by atoms with Gasteiger partial charge in [-0.2, -0.15) is 0 Å². The minimum Gasteiger partial charge on any atom is -0.463 e. The van der Waals surface area contributed by atoms with E-state index in [-0.39, 0.29) is 6.47 Å². The first kappa shape index (κ1) is 13.9. The lowest BCUT2D eigenvalue weighted by molar-refractivity contribution is -0.171. The molecule has 4 heteroatoms. The molecule has 0 saturated heterocycles. The molecule has 0 unspecified atom stereocenters. The van der Waals surface area contributed by atoms with Crippen LogP contribution < -0.4 is 0 Å². The topological polar surface area (TPSA) is 52.6 Å². The van der Waals surface area contributed by atoms with E-state index in [1.807, 2.05) is 0 Å². The summed E-state index contributed by atoms with van der Waals surface area (Å²) in [6.45, 7) is 7.87. The van der Waals surface area contributed by atoms with Crippen LogP contribution in [0.25, 0.3) is 0 Å². The third kappa shape index (κ3) is 6.10. The van der Waals surface area contributed by atoms with Crippen molar-refractivity contribution in [3.63, 3.8) is 0 Å². The zero-order valence-electron chi connectivity index (χ0n) is 9.91. The molecule has 0 bridgehead atoms. The lowest BCUT2D eigenvalue weighted by Gasteiger charge is -2.20. The van der Waals surface area contributed by atoms with E-state index in [0.29, 0.717) is 12.5 Å². The third-order valence-corrected chi connectivity index (χ3v) is 1.99. The van der Waals surface area contributed by atoms with Crippen molar-refractivity contribution in [2.24, 2.45) is 5.92 Å². The van der Waals surface area contributed by atoms with Crippen LogP contribution >= 0.6 is 0 Å². The Bertz CT molecular complexity index is 209. The van der Waals surface area contributed by atoms with Crippen molar-refractivity contribution < 1.29 is 19.1 Å². The molecule has 0 rings (SSSR count). The zero-order valence-corrected chi connectivity index (χ0v) is 9.91. The number of ether oxygens (including phenoxy) is 2. The van der Waals surface area contributed by atoms with Crippen molar-refractivity contribution in [3.05, 3.63) is 0 Å². The molecular weight excluding hydrogens is 196 g/mol. The van der Waals surface area contributed by atoms with Crippen LogP contribution in [0.3, 0.4) is 0 Å². The summed E-state index contributed by atoms with van der Waals surface area (Å²) in [7, 11) is 0. The van der Waals surface area contributed by atoms with Crippen molar-refractivity contribution >= 4 is 12.4 Å². The molecule has 0 radical (unpaired) electrons. The van der Waals surface area contributed by atoms with Gasteiger partial charge >= 0.3 is 5.97 Å². The summed E-state index contributed by atoms with van der Waals surface area (Å²) in [6, 6.07) is 0. The largest absolute Gasteiger partial charge is 0.463 e. The number of carbonyl (C=O) groups is 2. The summed E-state index contributed by atoms with van der Waals surface area (Å²) in [4.78, 5) is 21.5. The molecule has 0 aliphatic rings. The van der Waals surface area contributed by atoms with Gasteiger partial charge in [0, 0.05) is 0 Å². The molecule has 88 valence electrons. The fourth-order valence-electron chi connectivity index (χ4n) is 0.999. The third-order valence-electron chi connectivity index (χ3n) is 1.99. The smallest absolute Gasteiger partial charge is 0.349 e. The first-order valence-electron chi connectivity index (χ1n) is 5.19. The lowest BCUT2D eigenvalue weighted by Crippen LogP contribution is -2.36. The van der Waals surface area contributed by atoms with Gasteiger partial charge in [-0.3, -0.25) is 4.79 Å². The molecular formula is C11H20O4. The first-order valence-corrected chi connectivity index (χ1v) is 5.19. The molecule has 0 amide bonds. The van der Waals surface area contributed by atoms with Gasteiger partial charge in [-0.1, -0.05) is 13.8 Å². The molecule has 0 aromatic heterocycles. The molecule has 0 aliphatic heterocycles. The highest BCUT2D eigenvalue weighted by Gasteiger charge is 2.30. The van der Waals surface area contributed by atoms with Crippen LogP contribution in [-0.2, 0) is 19.1 Å². The van der Waals surface area contributed by atoms with E-state index in [1.54, 1.807) is 0 Å². The van der Waals surface area contributed by atoms with Crippen molar-refractivity contribution in [2.75, 3.05) is 6.61 Å². The number of esters is 1. The normalized spacial score (nSPS) is 11.3. The van der Waals surface area contributed by atoms with Crippen LogP contribution in [0.1, 0.15) is 40.5 Å². The Balaban J connectivity index is 3.78. The molecule has 0 N–H and O–H groups in total. The summed E-state index contributed by atoms with van der Waals surface area (Å²) in [5.41, 5.74) is -1.18. The highest BCUT2D eigenvalue weighted by molar-refractivity contribution is 5.79. The summed E-state index contributed by atoms with van der Waals surface area (Å²) in [5, 5.41) is 0. The van der Waals surface area contributed by atoms with Crippen LogP contribution in [0.5, 0.6) is 0 Å². The van der Waals surface area contributed by atoms with Crippen LogP contribution in [0.15, 0.2) is 0 Å². The van der Waals surface area contributed by atoms with Gasteiger partial charge in [0.2, 0.25) is 5.60 Å². The second-order valence-corrected chi connectivity index (χ2v) is 4.40. The van der Waals surface area contributed by atoms with E-state index in [2.05, 4.69) is 18.6 Å². The maximum absolute atomic E-state index is 11.4. The quantitative estimate of drug-likeness (QED) is 0.370. The van der Waals surface area contributed by atoms with Crippen molar-refractivity contribution in [1.29, 1.82) is 0 Å². The Labute approximate surface area is 90.9 Å². The molecule has 0 heterocycles. The minimum absolute atomic E-state index is 0.259. The van der Waals surface area contributed by atoms with Gasteiger partial charge in [0.1, 0.15) is 0 Å². The SMILES string of the molecule is CC(C)CCCOC(=O)C(C)(C)OC=O. The number of rotatable bonds is 7. The van der Waals surface area contributed by atoms with Crippen LogP contribution in [0.2, 0.25) is 0 Å². The molecule has 0 fully saturated rings. The number of hydrogen-bond acceptors (Lipinski definition) is 4. The Hall–Kier alpha value is -1.06. The maximum Gasteiger partial charge on any atom is 0.349 e. The van der Waals surface area contributed by atoms with E-state index >= 15 is 0 Å². The molecule has 0 aromatic rings. The van der Waals surface area contributed by atoms with Gasteiger partial charge in [-0.05, 0) is 32.6 Å². The summed E-state index contributed by atoms with van der Waals surface area (Å²) >= 11 is 0. The van der Waals surface area contributed by atoms with Crippen molar-refractivity contribution in [3.8, 4) is 0 Å². The minimum atomic E-state index is -1.18. The van der Waals surface area contributed by atoms with E-state index in [0.717, 1.165) is 12.8 Å². The van der Waals surface area contributed by atoms with Crippen LogP contribution in [0, 0.1) is 5.92 Å². The van der Waals surface area contributed by atoms with Crippen LogP contribution in [0.4, 0.5) is 0 Å². The van der Waals surface area contributed by atoms with E-state index in [1.165, 1.54) is 13.8 Å². The van der Waals surface area contributed by atoms with Crippen LogP contribution in [-0.4, -0.2) is 24.6 Å². The molecule has 0 atom stereocenters.